The second kappa shape index (κ2) is 10.3. The quantitative estimate of drug-likeness (QED) is 0.239. The number of carbonyl (C=O) groups is 1. The van der Waals surface area contributed by atoms with Gasteiger partial charge in [-0.1, -0.05) is 30.3 Å². The maximum atomic E-state index is 13.6. The van der Waals surface area contributed by atoms with Crippen LogP contribution < -0.4 is 10.6 Å². The summed E-state index contributed by atoms with van der Waals surface area (Å²) in [5.41, 5.74) is 5.00. The summed E-state index contributed by atoms with van der Waals surface area (Å²) in [5.74, 6) is -0.774. The van der Waals surface area contributed by atoms with Crippen molar-refractivity contribution in [3.05, 3.63) is 119 Å². The average Bonchev–Trinajstić information content (AvgIpc) is 3.42. The van der Waals surface area contributed by atoms with E-state index in [2.05, 4.69) is 32.7 Å². The lowest BCUT2D eigenvalue weighted by atomic mass is 9.87. The fourth-order valence-electron chi connectivity index (χ4n) is 6.34. The van der Waals surface area contributed by atoms with Crippen molar-refractivity contribution >= 4 is 29.3 Å². The molecule has 0 spiro atoms. The van der Waals surface area contributed by atoms with Crippen LogP contribution in [-0.4, -0.2) is 35.1 Å². The van der Waals surface area contributed by atoms with Crippen LogP contribution in [0.25, 0.3) is 0 Å². The Hall–Kier alpha value is -4.43. The van der Waals surface area contributed by atoms with Crippen molar-refractivity contribution in [1.82, 2.24) is 9.88 Å². The highest BCUT2D eigenvalue weighted by atomic mass is 19.1. The van der Waals surface area contributed by atoms with E-state index >= 15 is 0 Å². The van der Waals surface area contributed by atoms with Gasteiger partial charge in [0, 0.05) is 48.2 Å². The number of anilines is 3. The molecule has 8 heteroatoms. The molecule has 3 unspecified atom stereocenters. The summed E-state index contributed by atoms with van der Waals surface area (Å²) in [6, 6.07) is 23.1. The Morgan fingerprint density at radius 2 is 1.82 bits per heavy atom. The lowest BCUT2D eigenvalue weighted by Crippen LogP contribution is -2.33. The molecule has 1 saturated carbocycles. The largest absolute Gasteiger partial charge is 0.355 e. The van der Waals surface area contributed by atoms with E-state index in [1.807, 2.05) is 37.3 Å². The molecule has 1 aliphatic carbocycles. The van der Waals surface area contributed by atoms with Gasteiger partial charge in [-0.05, 0) is 78.1 Å². The summed E-state index contributed by atoms with van der Waals surface area (Å²) in [6.45, 7) is 4.27. The number of hydrogen-bond donors (Lipinski definition) is 3. The van der Waals surface area contributed by atoms with E-state index < -0.39 is 11.2 Å². The molecule has 2 heterocycles. The zero-order valence-electron chi connectivity index (χ0n) is 22.0. The van der Waals surface area contributed by atoms with Crippen molar-refractivity contribution in [3.63, 3.8) is 0 Å². The van der Waals surface area contributed by atoms with Gasteiger partial charge in [-0.25, -0.2) is 13.8 Å². The highest BCUT2D eigenvalue weighted by molar-refractivity contribution is 5.97. The van der Waals surface area contributed by atoms with Crippen LogP contribution in [0.3, 0.4) is 0 Å². The van der Waals surface area contributed by atoms with Crippen LogP contribution in [0, 0.1) is 35.8 Å². The maximum Gasteiger partial charge on any atom is 0.229 e. The number of aromatic nitrogens is 1. The topological polar surface area (TPSA) is 81.1 Å². The lowest BCUT2D eigenvalue weighted by molar-refractivity contribution is -0.118. The van der Waals surface area contributed by atoms with Crippen LogP contribution >= 0.6 is 0 Å². The number of pyridine rings is 1. The van der Waals surface area contributed by atoms with E-state index in [0.29, 0.717) is 17.9 Å². The number of rotatable bonds is 8. The monoisotopic (exact) mass is 537 g/mol. The number of piperidine rings is 1. The lowest BCUT2D eigenvalue weighted by Gasteiger charge is -2.26. The zero-order chi connectivity index (χ0) is 27.9. The smallest absolute Gasteiger partial charge is 0.229 e. The van der Waals surface area contributed by atoms with Crippen molar-refractivity contribution < 1.29 is 13.6 Å². The molecule has 1 amide bonds. The third kappa shape index (κ3) is 4.75. The SMILES string of the molecule is Cc1cc(Nc2ccc(F)cc2)c(C=N)cc1C12CN(Cc3ccccc3)CC1C2C(=O)Nc1ccc(F)cn1. The zero-order valence-corrected chi connectivity index (χ0v) is 22.0. The number of fused-ring (bicyclic) bond motifs is 1. The summed E-state index contributed by atoms with van der Waals surface area (Å²) >= 11 is 0. The molecule has 3 atom stereocenters. The predicted molar refractivity (Wildman–Crippen MR) is 152 cm³/mol. The molecule has 40 heavy (non-hydrogen) atoms. The van der Waals surface area contributed by atoms with Crippen LogP contribution in [0.4, 0.5) is 26.0 Å². The molecule has 202 valence electrons. The molecular formula is C32H29F2N5O. The molecule has 1 aliphatic heterocycles. The third-order valence-electron chi connectivity index (χ3n) is 8.14. The van der Waals surface area contributed by atoms with Crippen LogP contribution in [0.15, 0.2) is 85.1 Å². The molecule has 6 nitrogen and oxygen atoms in total. The van der Waals surface area contributed by atoms with E-state index in [9.17, 15) is 13.6 Å². The summed E-state index contributed by atoms with van der Waals surface area (Å²) in [6.07, 6.45) is 2.39. The first-order chi connectivity index (χ1) is 19.4. The van der Waals surface area contributed by atoms with Gasteiger partial charge in [0.2, 0.25) is 5.91 Å². The van der Waals surface area contributed by atoms with E-state index in [4.69, 9.17) is 5.41 Å². The number of benzene rings is 3. The molecule has 4 aromatic rings. The van der Waals surface area contributed by atoms with Gasteiger partial charge in [-0.15, -0.1) is 0 Å². The van der Waals surface area contributed by atoms with Gasteiger partial charge < -0.3 is 16.0 Å². The van der Waals surface area contributed by atoms with Crippen LogP contribution in [0.5, 0.6) is 0 Å². The Bertz CT molecular complexity index is 1560. The second-order valence-corrected chi connectivity index (χ2v) is 10.7. The van der Waals surface area contributed by atoms with Crippen molar-refractivity contribution in [1.29, 1.82) is 5.41 Å². The van der Waals surface area contributed by atoms with Gasteiger partial charge in [0.1, 0.15) is 17.5 Å². The molecule has 2 fully saturated rings. The van der Waals surface area contributed by atoms with Crippen molar-refractivity contribution in [3.8, 4) is 0 Å². The minimum atomic E-state index is -0.460. The number of nitrogens with one attached hydrogen (secondary N) is 3. The van der Waals surface area contributed by atoms with Gasteiger partial charge in [0.05, 0.1) is 12.1 Å². The predicted octanol–water partition coefficient (Wildman–Crippen LogP) is 6.05. The summed E-state index contributed by atoms with van der Waals surface area (Å²) in [5, 5.41) is 14.3. The minimum absolute atomic E-state index is 0.0878. The van der Waals surface area contributed by atoms with Gasteiger partial charge in [0.15, 0.2) is 0 Å². The van der Waals surface area contributed by atoms with Gasteiger partial charge >= 0.3 is 0 Å². The van der Waals surface area contributed by atoms with Crippen molar-refractivity contribution in [2.75, 3.05) is 23.7 Å². The Labute approximate surface area is 231 Å². The summed E-state index contributed by atoms with van der Waals surface area (Å²) < 4.78 is 26.8. The molecule has 2 aliphatic rings. The Morgan fingerprint density at radius 1 is 1.07 bits per heavy atom. The summed E-state index contributed by atoms with van der Waals surface area (Å²) in [4.78, 5) is 20.0. The molecule has 6 rings (SSSR count). The first-order valence-electron chi connectivity index (χ1n) is 13.2. The highest BCUT2D eigenvalue weighted by Gasteiger charge is 2.72. The fourth-order valence-corrected chi connectivity index (χ4v) is 6.34. The second-order valence-electron chi connectivity index (χ2n) is 10.7. The van der Waals surface area contributed by atoms with Crippen LogP contribution in [-0.2, 0) is 16.8 Å². The molecular weight excluding hydrogens is 508 g/mol. The molecule has 3 N–H and O–H groups in total. The fraction of sp³-hybridized carbons (Fsp3) is 0.219. The first kappa shape index (κ1) is 25.8. The molecule has 0 bridgehead atoms. The Kier molecular flexibility index (Phi) is 6.64. The van der Waals surface area contributed by atoms with Gasteiger partial charge in [0.25, 0.3) is 0 Å². The van der Waals surface area contributed by atoms with E-state index in [1.54, 1.807) is 12.1 Å². The van der Waals surface area contributed by atoms with Crippen LogP contribution in [0.2, 0.25) is 0 Å². The molecule has 1 aromatic heterocycles. The number of nitrogens with zero attached hydrogens (tertiary/aromatic N) is 2. The number of carbonyl (C=O) groups excluding carboxylic acids is 1. The Balaban J connectivity index is 1.32. The van der Waals surface area contributed by atoms with Gasteiger partial charge in [-0.3, -0.25) is 9.69 Å². The molecule has 1 saturated heterocycles. The number of hydrogen-bond acceptors (Lipinski definition) is 5. The first-order valence-corrected chi connectivity index (χ1v) is 13.2. The van der Waals surface area contributed by atoms with E-state index in [1.165, 1.54) is 36.0 Å². The molecule has 0 radical (unpaired) electrons. The van der Waals surface area contributed by atoms with E-state index in [0.717, 1.165) is 41.8 Å². The Morgan fingerprint density at radius 3 is 2.52 bits per heavy atom. The number of aryl methyl sites for hydroxylation is 1. The number of amides is 1. The van der Waals surface area contributed by atoms with Crippen molar-refractivity contribution in [2.24, 2.45) is 11.8 Å². The van der Waals surface area contributed by atoms with Crippen molar-refractivity contribution in [2.45, 2.75) is 18.9 Å². The standard InChI is InChI=1S/C32H29F2N5O/c1-20-13-28(37-25-10-7-23(33)8-11-25)22(15-35)14-26(20)32-19-39(17-21-5-3-2-4-6-21)18-27(32)30(32)31(40)38-29-12-9-24(34)16-36-29/h2-16,27,30,35,37H,17-19H2,1H3,(H,36,38,40). The van der Waals surface area contributed by atoms with E-state index in [-0.39, 0.29) is 23.6 Å². The van der Waals surface area contributed by atoms with Crippen LogP contribution in [0.1, 0.15) is 22.3 Å². The normalized spacial score (nSPS) is 21.5. The number of halogens is 2. The third-order valence-corrected chi connectivity index (χ3v) is 8.14. The average molecular weight is 538 g/mol. The minimum Gasteiger partial charge on any atom is -0.355 e. The van der Waals surface area contributed by atoms with Gasteiger partial charge in [-0.2, -0.15) is 0 Å². The maximum absolute atomic E-state index is 13.6. The summed E-state index contributed by atoms with van der Waals surface area (Å²) in [7, 11) is 0. The number of likely N-dealkylation sites (tertiary alicyclic amines) is 1. The highest BCUT2D eigenvalue weighted by Crippen LogP contribution is 2.65. The molecule has 3 aromatic carbocycles.